The molecule has 2 aromatic heterocycles. The Labute approximate surface area is 195 Å². The molecule has 166 valence electrons. The molecule has 0 saturated carbocycles. The van der Waals surface area contributed by atoms with Gasteiger partial charge in [0, 0.05) is 30.7 Å². The van der Waals surface area contributed by atoms with Crippen molar-refractivity contribution in [2.75, 3.05) is 33.4 Å². The number of aromatic nitrogens is 2. The van der Waals surface area contributed by atoms with E-state index in [0.29, 0.717) is 24.4 Å². The second-order valence-corrected chi connectivity index (χ2v) is 7.65. The molecule has 1 amide bonds. The Hall–Kier alpha value is -2.25. The third-order valence-electron chi connectivity index (χ3n) is 5.63. The third kappa shape index (κ3) is 5.71. The Morgan fingerprint density at radius 3 is 2.55 bits per heavy atom. The molecule has 0 radical (unpaired) electrons. The number of methoxy groups -OCH3 is 1. The lowest BCUT2D eigenvalue weighted by atomic mass is 9.79. The summed E-state index contributed by atoms with van der Waals surface area (Å²) in [6.07, 6.45) is 3.70. The maximum absolute atomic E-state index is 13.2. The summed E-state index contributed by atoms with van der Waals surface area (Å²) in [4.78, 5) is 22.3. The first-order chi connectivity index (χ1) is 14.2. The fourth-order valence-corrected chi connectivity index (χ4v) is 4.01. The topological polar surface area (TPSA) is 76.1 Å². The number of ether oxygens (including phenoxy) is 1. The quantitative estimate of drug-likeness (QED) is 0.580. The van der Waals surface area contributed by atoms with Crippen LogP contribution in [0.1, 0.15) is 23.2 Å². The van der Waals surface area contributed by atoms with Crippen molar-refractivity contribution < 1.29 is 9.53 Å². The van der Waals surface area contributed by atoms with Gasteiger partial charge in [-0.3, -0.25) is 9.78 Å². The first-order valence-electron chi connectivity index (χ1n) is 10.00. The fraction of sp³-hybridized carbons (Fsp3) is 0.348. The van der Waals surface area contributed by atoms with Crippen LogP contribution in [0.3, 0.4) is 0 Å². The van der Waals surface area contributed by atoms with Gasteiger partial charge in [-0.2, -0.15) is 0 Å². The van der Waals surface area contributed by atoms with E-state index in [2.05, 4.69) is 15.6 Å². The number of piperidine rings is 1. The predicted octanol–water partition coefficient (Wildman–Crippen LogP) is 3.89. The number of hydrogen-bond acceptors (Lipinski definition) is 5. The molecule has 1 saturated heterocycles. The molecule has 2 N–H and O–H groups in total. The van der Waals surface area contributed by atoms with E-state index in [1.54, 1.807) is 13.3 Å². The summed E-state index contributed by atoms with van der Waals surface area (Å²) in [6.45, 7) is 3.13. The lowest BCUT2D eigenvalue weighted by Crippen LogP contribution is -2.47. The van der Waals surface area contributed by atoms with E-state index in [4.69, 9.17) is 9.72 Å². The number of para-hydroxylation sites is 1. The molecule has 0 bridgehead atoms. The average Bonchev–Trinajstić information content (AvgIpc) is 2.78. The largest absolute Gasteiger partial charge is 0.384 e. The van der Waals surface area contributed by atoms with Crippen LogP contribution in [0, 0.1) is 5.41 Å². The molecule has 0 spiro atoms. The van der Waals surface area contributed by atoms with Crippen LogP contribution in [-0.4, -0.2) is 49.2 Å². The molecule has 4 rings (SSSR count). The maximum atomic E-state index is 13.2. The highest BCUT2D eigenvalue weighted by Gasteiger charge is 2.32. The van der Waals surface area contributed by atoms with Crippen molar-refractivity contribution in [1.29, 1.82) is 0 Å². The summed E-state index contributed by atoms with van der Waals surface area (Å²) < 4.78 is 5.47. The Bertz CT molecular complexity index is 990. The lowest BCUT2D eigenvalue weighted by Gasteiger charge is -2.37. The van der Waals surface area contributed by atoms with Crippen molar-refractivity contribution in [1.82, 2.24) is 20.6 Å². The van der Waals surface area contributed by atoms with Crippen LogP contribution in [0.15, 0.2) is 54.7 Å². The predicted molar refractivity (Wildman–Crippen MR) is 128 cm³/mol. The molecule has 0 atom stereocenters. The van der Waals surface area contributed by atoms with Gasteiger partial charge in [0.25, 0.3) is 5.91 Å². The van der Waals surface area contributed by atoms with Crippen LogP contribution in [-0.2, 0) is 4.74 Å². The minimum Gasteiger partial charge on any atom is -0.384 e. The molecule has 1 fully saturated rings. The maximum Gasteiger partial charge on any atom is 0.252 e. The van der Waals surface area contributed by atoms with Gasteiger partial charge in [-0.1, -0.05) is 24.3 Å². The number of pyridine rings is 2. The van der Waals surface area contributed by atoms with Gasteiger partial charge in [0.05, 0.1) is 29.1 Å². The molecule has 8 heteroatoms. The van der Waals surface area contributed by atoms with Gasteiger partial charge in [0.2, 0.25) is 0 Å². The normalized spacial score (nSPS) is 14.9. The van der Waals surface area contributed by atoms with E-state index < -0.39 is 0 Å². The highest BCUT2D eigenvalue weighted by Crippen LogP contribution is 2.29. The molecule has 3 heterocycles. The van der Waals surface area contributed by atoms with Crippen LogP contribution in [0.2, 0.25) is 0 Å². The highest BCUT2D eigenvalue weighted by atomic mass is 35.5. The number of benzene rings is 1. The molecular weight excluding hydrogens is 435 g/mol. The average molecular weight is 463 g/mol. The lowest BCUT2D eigenvalue weighted by molar-refractivity contribution is 0.0512. The van der Waals surface area contributed by atoms with Crippen LogP contribution >= 0.6 is 24.8 Å². The molecule has 1 aliphatic rings. The van der Waals surface area contributed by atoms with Crippen molar-refractivity contribution >= 4 is 41.6 Å². The highest BCUT2D eigenvalue weighted by molar-refractivity contribution is 6.07. The number of carbonyl (C=O) groups is 1. The minimum absolute atomic E-state index is 0. The minimum atomic E-state index is -0.0882. The van der Waals surface area contributed by atoms with Gasteiger partial charge >= 0.3 is 0 Å². The number of amides is 1. The summed E-state index contributed by atoms with van der Waals surface area (Å²) in [6, 6.07) is 15.3. The van der Waals surface area contributed by atoms with E-state index in [9.17, 15) is 4.79 Å². The second kappa shape index (κ2) is 11.4. The number of hydrogen-bond donors (Lipinski definition) is 2. The summed E-state index contributed by atoms with van der Waals surface area (Å²) in [7, 11) is 1.72. The van der Waals surface area contributed by atoms with E-state index in [1.807, 2.05) is 48.5 Å². The Morgan fingerprint density at radius 1 is 1.10 bits per heavy atom. The molecule has 31 heavy (non-hydrogen) atoms. The van der Waals surface area contributed by atoms with Crippen LogP contribution in [0.5, 0.6) is 0 Å². The zero-order valence-electron chi connectivity index (χ0n) is 17.5. The Kier molecular flexibility index (Phi) is 9.19. The third-order valence-corrected chi connectivity index (χ3v) is 5.63. The molecular formula is C23H28Cl2N4O2. The molecule has 1 aliphatic heterocycles. The molecule has 6 nitrogen and oxygen atoms in total. The van der Waals surface area contributed by atoms with Crippen molar-refractivity contribution in [3.05, 3.63) is 60.3 Å². The standard InChI is InChI=1S/C23H26N4O2.2ClH/c1-29-16-23(9-12-24-13-10-23)15-26-22(28)18-14-21(20-8-4-5-11-25-20)27-19-7-3-2-6-17(18)19;;/h2-8,11,14,24H,9-10,12-13,15-16H2,1H3,(H,26,28);2*1H. The molecule has 3 aromatic rings. The second-order valence-electron chi connectivity index (χ2n) is 7.65. The van der Waals surface area contributed by atoms with E-state index >= 15 is 0 Å². The first kappa shape index (κ1) is 25.0. The number of halogens is 2. The van der Waals surface area contributed by atoms with Gasteiger partial charge < -0.3 is 15.4 Å². The molecule has 0 aliphatic carbocycles. The van der Waals surface area contributed by atoms with E-state index in [0.717, 1.165) is 42.5 Å². The molecule has 1 aromatic carbocycles. The van der Waals surface area contributed by atoms with Gasteiger partial charge in [-0.15, -0.1) is 24.8 Å². The van der Waals surface area contributed by atoms with Gasteiger partial charge in [-0.25, -0.2) is 4.98 Å². The number of nitrogens with one attached hydrogen (secondary N) is 2. The van der Waals surface area contributed by atoms with Crippen molar-refractivity contribution in [3.63, 3.8) is 0 Å². The van der Waals surface area contributed by atoms with Crippen molar-refractivity contribution in [3.8, 4) is 11.4 Å². The van der Waals surface area contributed by atoms with Gasteiger partial charge in [0.15, 0.2) is 0 Å². The fourth-order valence-electron chi connectivity index (χ4n) is 4.01. The van der Waals surface area contributed by atoms with Gasteiger partial charge in [0.1, 0.15) is 0 Å². The van der Waals surface area contributed by atoms with E-state index in [1.165, 1.54) is 0 Å². The number of carbonyl (C=O) groups excluding carboxylic acids is 1. The molecule has 0 unspecified atom stereocenters. The first-order valence-corrected chi connectivity index (χ1v) is 10.00. The summed E-state index contributed by atoms with van der Waals surface area (Å²) in [5.41, 5.74) is 2.83. The van der Waals surface area contributed by atoms with Gasteiger partial charge in [-0.05, 0) is 50.2 Å². The van der Waals surface area contributed by atoms with Crippen molar-refractivity contribution in [2.45, 2.75) is 12.8 Å². The van der Waals surface area contributed by atoms with Crippen molar-refractivity contribution in [2.24, 2.45) is 5.41 Å². The number of rotatable bonds is 6. The summed E-state index contributed by atoms with van der Waals surface area (Å²) in [5.74, 6) is -0.0882. The monoisotopic (exact) mass is 462 g/mol. The van der Waals surface area contributed by atoms with E-state index in [-0.39, 0.29) is 36.1 Å². The Balaban J connectivity index is 0.00000171. The number of fused-ring (bicyclic) bond motifs is 1. The van der Waals surface area contributed by atoms with Crippen LogP contribution < -0.4 is 10.6 Å². The smallest absolute Gasteiger partial charge is 0.252 e. The summed E-state index contributed by atoms with van der Waals surface area (Å²) in [5, 5.41) is 7.40. The van der Waals surface area contributed by atoms with Crippen LogP contribution in [0.25, 0.3) is 22.3 Å². The number of nitrogens with zero attached hydrogens (tertiary/aromatic N) is 2. The summed E-state index contributed by atoms with van der Waals surface area (Å²) >= 11 is 0. The zero-order chi connectivity index (χ0) is 20.1. The SMILES string of the molecule is COCC1(CNC(=O)c2cc(-c3ccccn3)nc3ccccc23)CCNCC1.Cl.Cl. The zero-order valence-corrected chi connectivity index (χ0v) is 19.1. The van der Waals surface area contributed by atoms with Crippen LogP contribution in [0.4, 0.5) is 0 Å². The Morgan fingerprint density at radius 2 is 1.84 bits per heavy atom.